The molecule has 0 aliphatic rings. The molecule has 1 N–H and O–H groups in total. The SMILES string of the molecule is CC(C)(C)OC(=O)NOC(=O)CCc1cccc(S(=O)(=O)Cl)c1. The lowest BCUT2D eigenvalue weighted by atomic mass is 10.1. The van der Waals surface area contributed by atoms with E-state index in [2.05, 4.69) is 4.84 Å². The molecule has 1 rings (SSSR count). The summed E-state index contributed by atoms with van der Waals surface area (Å²) >= 11 is 0. The summed E-state index contributed by atoms with van der Waals surface area (Å²) in [6.45, 7) is 5.02. The summed E-state index contributed by atoms with van der Waals surface area (Å²) in [4.78, 5) is 27.3. The van der Waals surface area contributed by atoms with Crippen molar-refractivity contribution >= 4 is 31.8 Å². The lowest BCUT2D eigenvalue weighted by Crippen LogP contribution is -2.34. The fourth-order valence-corrected chi connectivity index (χ4v) is 2.37. The first-order chi connectivity index (χ1) is 10.5. The number of hydroxylamine groups is 1. The number of aryl methyl sites for hydroxylation is 1. The van der Waals surface area contributed by atoms with Gasteiger partial charge in [-0.25, -0.2) is 18.0 Å². The predicted octanol–water partition coefficient (Wildman–Crippen LogP) is 2.53. The Morgan fingerprint density at radius 3 is 2.48 bits per heavy atom. The topological polar surface area (TPSA) is 98.8 Å². The number of nitrogens with one attached hydrogen (secondary N) is 1. The van der Waals surface area contributed by atoms with Gasteiger partial charge >= 0.3 is 12.1 Å². The maximum absolute atomic E-state index is 11.5. The van der Waals surface area contributed by atoms with Crippen molar-refractivity contribution in [3.63, 3.8) is 0 Å². The van der Waals surface area contributed by atoms with E-state index in [1.165, 1.54) is 18.2 Å². The largest absolute Gasteiger partial charge is 0.442 e. The van der Waals surface area contributed by atoms with Crippen LogP contribution < -0.4 is 5.48 Å². The molecule has 0 atom stereocenters. The number of hydrogen-bond donors (Lipinski definition) is 1. The van der Waals surface area contributed by atoms with Gasteiger partial charge in [-0.15, -0.1) is 5.48 Å². The molecule has 0 bridgehead atoms. The molecule has 0 fully saturated rings. The Bertz CT molecular complexity index is 681. The van der Waals surface area contributed by atoms with Crippen molar-refractivity contribution in [2.75, 3.05) is 0 Å². The quantitative estimate of drug-likeness (QED) is 0.652. The summed E-state index contributed by atoms with van der Waals surface area (Å²) in [5, 5.41) is 0. The van der Waals surface area contributed by atoms with Crippen LogP contribution in [0.4, 0.5) is 4.79 Å². The van der Waals surface area contributed by atoms with E-state index in [-0.39, 0.29) is 17.7 Å². The van der Waals surface area contributed by atoms with Gasteiger partial charge in [0.15, 0.2) is 0 Å². The third kappa shape index (κ3) is 7.85. The second-order valence-electron chi connectivity index (χ2n) is 5.66. The van der Waals surface area contributed by atoms with Crippen molar-refractivity contribution in [1.82, 2.24) is 5.48 Å². The van der Waals surface area contributed by atoms with Crippen LogP contribution in [-0.2, 0) is 29.8 Å². The average molecular weight is 364 g/mol. The van der Waals surface area contributed by atoms with E-state index in [1.54, 1.807) is 26.8 Å². The summed E-state index contributed by atoms with van der Waals surface area (Å²) in [6.07, 6.45) is -0.697. The zero-order chi connectivity index (χ0) is 17.7. The lowest BCUT2D eigenvalue weighted by molar-refractivity contribution is -0.150. The Balaban J connectivity index is 2.47. The minimum atomic E-state index is -3.82. The lowest BCUT2D eigenvalue weighted by Gasteiger charge is -2.19. The number of rotatable bonds is 4. The molecule has 23 heavy (non-hydrogen) atoms. The van der Waals surface area contributed by atoms with Gasteiger partial charge in [-0.3, -0.25) is 0 Å². The first kappa shape index (κ1) is 19.2. The van der Waals surface area contributed by atoms with Crippen molar-refractivity contribution in [2.24, 2.45) is 0 Å². The summed E-state index contributed by atoms with van der Waals surface area (Å²) in [6, 6.07) is 5.90. The molecular weight excluding hydrogens is 346 g/mol. The molecule has 128 valence electrons. The van der Waals surface area contributed by atoms with Crippen LogP contribution >= 0.6 is 10.7 Å². The Hall–Kier alpha value is -1.80. The first-order valence-electron chi connectivity index (χ1n) is 6.69. The van der Waals surface area contributed by atoms with Crippen LogP contribution in [0.3, 0.4) is 0 Å². The number of carbonyl (C=O) groups excluding carboxylic acids is 2. The summed E-state index contributed by atoms with van der Waals surface area (Å²) in [5.41, 5.74) is 1.78. The second-order valence-corrected chi connectivity index (χ2v) is 8.23. The van der Waals surface area contributed by atoms with Gasteiger partial charge < -0.3 is 9.57 Å². The molecule has 0 saturated heterocycles. The number of amides is 1. The molecule has 0 heterocycles. The number of benzene rings is 1. The Kier molecular flexibility index (Phi) is 6.40. The van der Waals surface area contributed by atoms with Crippen molar-refractivity contribution in [1.29, 1.82) is 0 Å². The van der Waals surface area contributed by atoms with Crippen LogP contribution in [0.1, 0.15) is 32.8 Å². The van der Waals surface area contributed by atoms with Gasteiger partial charge in [0.1, 0.15) is 5.60 Å². The van der Waals surface area contributed by atoms with Gasteiger partial charge in [-0.1, -0.05) is 12.1 Å². The standard InChI is InChI=1S/C14H18ClNO6S/c1-14(2,3)21-13(18)16-22-12(17)8-7-10-5-4-6-11(9-10)23(15,19)20/h4-6,9H,7-8H2,1-3H3,(H,16,18). The predicted molar refractivity (Wildman–Crippen MR) is 83.3 cm³/mol. The van der Waals surface area contributed by atoms with E-state index in [9.17, 15) is 18.0 Å². The number of carbonyl (C=O) groups is 2. The van der Waals surface area contributed by atoms with E-state index in [0.717, 1.165) is 0 Å². The fourth-order valence-electron chi connectivity index (χ4n) is 1.55. The number of ether oxygens (including phenoxy) is 1. The smallest absolute Gasteiger partial charge is 0.441 e. The molecule has 0 aromatic heterocycles. The minimum Gasteiger partial charge on any atom is -0.442 e. The maximum atomic E-state index is 11.5. The molecule has 0 unspecified atom stereocenters. The maximum Gasteiger partial charge on any atom is 0.441 e. The van der Waals surface area contributed by atoms with Crippen LogP contribution in [0.2, 0.25) is 0 Å². The van der Waals surface area contributed by atoms with Crippen LogP contribution in [0.5, 0.6) is 0 Å². The molecule has 0 spiro atoms. The third-order valence-electron chi connectivity index (χ3n) is 2.44. The molecule has 1 aromatic rings. The van der Waals surface area contributed by atoms with E-state index < -0.39 is 26.7 Å². The van der Waals surface area contributed by atoms with Crippen molar-refractivity contribution in [2.45, 2.75) is 44.1 Å². The summed E-state index contributed by atoms with van der Waals surface area (Å²) in [5.74, 6) is -0.685. The Labute approximate surface area is 139 Å². The number of hydrogen-bond acceptors (Lipinski definition) is 6. The molecule has 0 aliphatic carbocycles. The van der Waals surface area contributed by atoms with Gasteiger partial charge in [0.25, 0.3) is 9.05 Å². The van der Waals surface area contributed by atoms with Crippen molar-refractivity contribution in [3.05, 3.63) is 29.8 Å². The highest BCUT2D eigenvalue weighted by molar-refractivity contribution is 8.13. The normalized spacial score (nSPS) is 11.7. The van der Waals surface area contributed by atoms with Crippen molar-refractivity contribution < 1.29 is 27.6 Å². The van der Waals surface area contributed by atoms with Gasteiger partial charge in [0.2, 0.25) is 0 Å². The molecule has 1 aromatic carbocycles. The highest BCUT2D eigenvalue weighted by Crippen LogP contribution is 2.17. The highest BCUT2D eigenvalue weighted by atomic mass is 35.7. The van der Waals surface area contributed by atoms with Gasteiger partial charge in [0, 0.05) is 10.7 Å². The van der Waals surface area contributed by atoms with Crippen LogP contribution in [0, 0.1) is 0 Å². The van der Waals surface area contributed by atoms with E-state index in [0.29, 0.717) is 5.56 Å². The third-order valence-corrected chi connectivity index (χ3v) is 3.80. The molecule has 7 nitrogen and oxygen atoms in total. The molecule has 1 amide bonds. The molecule has 9 heteroatoms. The van der Waals surface area contributed by atoms with Gasteiger partial charge in [-0.2, -0.15) is 0 Å². The summed E-state index contributed by atoms with van der Waals surface area (Å²) < 4.78 is 27.3. The average Bonchev–Trinajstić information content (AvgIpc) is 2.40. The monoisotopic (exact) mass is 363 g/mol. The van der Waals surface area contributed by atoms with Crippen molar-refractivity contribution in [3.8, 4) is 0 Å². The highest BCUT2D eigenvalue weighted by Gasteiger charge is 2.17. The second kappa shape index (κ2) is 7.65. The van der Waals surface area contributed by atoms with Crippen LogP contribution in [0.15, 0.2) is 29.2 Å². The van der Waals surface area contributed by atoms with E-state index in [1.807, 2.05) is 5.48 Å². The molecule has 0 radical (unpaired) electrons. The van der Waals surface area contributed by atoms with Gasteiger partial charge in [-0.05, 0) is 44.9 Å². The molecule has 0 saturated carbocycles. The van der Waals surface area contributed by atoms with Gasteiger partial charge in [0.05, 0.1) is 11.3 Å². The molecule has 0 aliphatic heterocycles. The fraction of sp³-hybridized carbons (Fsp3) is 0.429. The first-order valence-corrected chi connectivity index (χ1v) is 9.00. The van der Waals surface area contributed by atoms with E-state index >= 15 is 0 Å². The number of halogens is 1. The van der Waals surface area contributed by atoms with Crippen LogP contribution in [-0.4, -0.2) is 26.1 Å². The summed E-state index contributed by atoms with van der Waals surface area (Å²) in [7, 11) is 1.43. The zero-order valence-corrected chi connectivity index (χ0v) is 14.5. The Morgan fingerprint density at radius 2 is 1.91 bits per heavy atom. The molecular formula is C14H18ClNO6S. The van der Waals surface area contributed by atoms with E-state index in [4.69, 9.17) is 15.4 Å². The zero-order valence-electron chi connectivity index (χ0n) is 13.0. The van der Waals surface area contributed by atoms with Crippen LogP contribution in [0.25, 0.3) is 0 Å². The minimum absolute atomic E-state index is 0.0445. The Morgan fingerprint density at radius 1 is 1.26 bits per heavy atom.